The number of benzene rings is 2. The molecule has 0 saturated carbocycles. The molecule has 1 aromatic heterocycles. The average Bonchev–Trinajstić information content (AvgIpc) is 2.62. The molecule has 3 aromatic rings. The highest BCUT2D eigenvalue weighted by Gasteiger charge is 2.15. The highest BCUT2D eigenvalue weighted by molar-refractivity contribution is 9.10. The molecule has 0 aliphatic rings. The van der Waals surface area contributed by atoms with Gasteiger partial charge in [0.05, 0.1) is 11.6 Å². The summed E-state index contributed by atoms with van der Waals surface area (Å²) in [5.74, 6) is -0.468. The van der Waals surface area contributed by atoms with Crippen LogP contribution in [0.5, 0.6) is 0 Å². The summed E-state index contributed by atoms with van der Waals surface area (Å²) >= 11 is 3.38. The van der Waals surface area contributed by atoms with Crippen LogP contribution in [0.1, 0.15) is 23.0 Å². The number of nitrogens with one attached hydrogen (secondary N) is 1. The molecule has 0 spiro atoms. The number of amides is 1. The van der Waals surface area contributed by atoms with Gasteiger partial charge in [-0.05, 0) is 30.7 Å². The molecule has 1 amide bonds. The lowest BCUT2D eigenvalue weighted by Gasteiger charge is -2.08. The van der Waals surface area contributed by atoms with Gasteiger partial charge in [-0.1, -0.05) is 46.3 Å². The van der Waals surface area contributed by atoms with Gasteiger partial charge in [0.1, 0.15) is 0 Å². The van der Waals surface area contributed by atoms with Crippen LogP contribution in [-0.2, 0) is 6.54 Å². The number of carbonyl (C=O) groups is 1. The Bertz CT molecular complexity index is 1030. The van der Waals surface area contributed by atoms with E-state index in [0.717, 1.165) is 10.0 Å². The second-order valence-electron chi connectivity index (χ2n) is 5.27. The number of aromatic nitrogens is 2. The third-order valence-electron chi connectivity index (χ3n) is 3.61. The molecule has 1 N–H and O–H groups in total. The molecule has 0 fully saturated rings. The van der Waals surface area contributed by atoms with Crippen molar-refractivity contribution in [2.24, 2.45) is 5.10 Å². The van der Waals surface area contributed by atoms with E-state index < -0.39 is 5.91 Å². The van der Waals surface area contributed by atoms with Gasteiger partial charge in [0.15, 0.2) is 5.69 Å². The van der Waals surface area contributed by atoms with E-state index in [2.05, 4.69) is 31.6 Å². The van der Waals surface area contributed by atoms with Gasteiger partial charge >= 0.3 is 0 Å². The number of hydrogen-bond donors (Lipinski definition) is 1. The molecule has 0 unspecified atom stereocenters. The molecule has 6 nitrogen and oxygen atoms in total. The molecule has 0 radical (unpaired) electrons. The van der Waals surface area contributed by atoms with E-state index in [4.69, 9.17) is 0 Å². The summed E-state index contributed by atoms with van der Waals surface area (Å²) in [6.07, 6.45) is 1.54. The summed E-state index contributed by atoms with van der Waals surface area (Å²) in [7, 11) is 0. The summed E-state index contributed by atoms with van der Waals surface area (Å²) in [6.45, 7) is 2.18. The molecule has 7 heteroatoms. The number of carbonyl (C=O) groups excluding carboxylic acids is 1. The first-order valence-corrected chi connectivity index (χ1v) is 8.48. The van der Waals surface area contributed by atoms with Crippen LogP contribution in [0.3, 0.4) is 0 Å². The Kier molecular flexibility index (Phi) is 5.04. The van der Waals surface area contributed by atoms with Crippen molar-refractivity contribution < 1.29 is 4.79 Å². The number of aryl methyl sites for hydroxylation is 1. The fourth-order valence-corrected chi connectivity index (χ4v) is 2.84. The van der Waals surface area contributed by atoms with Crippen LogP contribution in [0.25, 0.3) is 10.8 Å². The zero-order valence-electron chi connectivity index (χ0n) is 13.4. The minimum atomic E-state index is -0.468. The monoisotopic (exact) mass is 398 g/mol. The SMILES string of the molecule is CCn1nc(C(=O)N/N=C\c2cccc(Br)c2)c2ccccc2c1=O. The summed E-state index contributed by atoms with van der Waals surface area (Å²) in [5.41, 5.74) is 3.26. The highest BCUT2D eigenvalue weighted by atomic mass is 79.9. The first kappa shape index (κ1) is 17.0. The number of rotatable bonds is 4. The maximum absolute atomic E-state index is 12.5. The first-order valence-electron chi connectivity index (χ1n) is 7.69. The molecule has 0 aliphatic carbocycles. The van der Waals surface area contributed by atoms with Crippen LogP contribution >= 0.6 is 15.9 Å². The number of fused-ring (bicyclic) bond motifs is 1. The molecule has 0 saturated heterocycles. The molecule has 25 heavy (non-hydrogen) atoms. The van der Waals surface area contributed by atoms with Crippen LogP contribution in [0.2, 0.25) is 0 Å². The van der Waals surface area contributed by atoms with E-state index in [9.17, 15) is 9.59 Å². The first-order chi connectivity index (χ1) is 12.1. The van der Waals surface area contributed by atoms with Gasteiger partial charge < -0.3 is 0 Å². The normalized spacial score (nSPS) is 11.1. The van der Waals surface area contributed by atoms with Gasteiger partial charge in [-0.2, -0.15) is 10.2 Å². The van der Waals surface area contributed by atoms with E-state index in [1.54, 1.807) is 37.4 Å². The molecular formula is C18H15BrN4O2. The van der Waals surface area contributed by atoms with E-state index in [0.29, 0.717) is 17.3 Å². The number of nitrogens with zero attached hydrogens (tertiary/aromatic N) is 3. The van der Waals surface area contributed by atoms with Crippen LogP contribution < -0.4 is 11.0 Å². The number of halogens is 1. The summed E-state index contributed by atoms with van der Waals surface area (Å²) in [4.78, 5) is 24.8. The maximum atomic E-state index is 12.5. The molecule has 1 heterocycles. The summed E-state index contributed by atoms with van der Waals surface area (Å²) in [6, 6.07) is 14.4. The zero-order chi connectivity index (χ0) is 17.8. The lowest BCUT2D eigenvalue weighted by atomic mass is 10.1. The van der Waals surface area contributed by atoms with Crippen LogP contribution in [0, 0.1) is 0 Å². The van der Waals surface area contributed by atoms with Crippen LogP contribution in [0.15, 0.2) is 62.9 Å². The molecule has 0 aliphatic heterocycles. The fourth-order valence-electron chi connectivity index (χ4n) is 2.42. The predicted octanol–water partition coefficient (Wildman–Crippen LogP) is 2.94. The Morgan fingerprint density at radius 3 is 2.72 bits per heavy atom. The topological polar surface area (TPSA) is 76.3 Å². The van der Waals surface area contributed by atoms with Crippen molar-refractivity contribution in [3.8, 4) is 0 Å². The Balaban J connectivity index is 1.92. The standard InChI is InChI=1S/C18H15BrN4O2/c1-2-23-18(25)15-9-4-3-8-14(15)16(22-23)17(24)21-20-11-12-6-5-7-13(19)10-12/h3-11H,2H2,1H3,(H,21,24)/b20-11-. The molecule has 0 atom stereocenters. The van der Waals surface area contributed by atoms with Crippen LogP contribution in [0.4, 0.5) is 0 Å². The summed E-state index contributed by atoms with van der Waals surface area (Å²) < 4.78 is 2.19. The predicted molar refractivity (Wildman–Crippen MR) is 101 cm³/mol. The number of hydrazone groups is 1. The minimum Gasteiger partial charge on any atom is -0.267 e. The van der Waals surface area contributed by atoms with Crippen LogP contribution in [-0.4, -0.2) is 21.9 Å². The Hall–Kier alpha value is -2.80. The lowest BCUT2D eigenvalue weighted by Crippen LogP contribution is -2.28. The Morgan fingerprint density at radius 1 is 1.24 bits per heavy atom. The van der Waals surface area contributed by atoms with E-state index >= 15 is 0 Å². The van der Waals surface area contributed by atoms with Crippen molar-refractivity contribution in [1.82, 2.24) is 15.2 Å². The van der Waals surface area contributed by atoms with Crippen molar-refractivity contribution in [2.45, 2.75) is 13.5 Å². The van der Waals surface area contributed by atoms with Crippen molar-refractivity contribution in [3.63, 3.8) is 0 Å². The van der Waals surface area contributed by atoms with Crippen molar-refractivity contribution in [1.29, 1.82) is 0 Å². The van der Waals surface area contributed by atoms with Gasteiger partial charge in [0.25, 0.3) is 11.5 Å². The maximum Gasteiger partial charge on any atom is 0.292 e. The van der Waals surface area contributed by atoms with Crippen molar-refractivity contribution in [3.05, 3.63) is 74.6 Å². The quantitative estimate of drug-likeness (QED) is 0.542. The second-order valence-corrected chi connectivity index (χ2v) is 6.18. The summed E-state index contributed by atoms with van der Waals surface area (Å²) in [5, 5.41) is 9.11. The van der Waals surface area contributed by atoms with E-state index in [-0.39, 0.29) is 11.3 Å². The Morgan fingerprint density at radius 2 is 2.00 bits per heavy atom. The molecular weight excluding hydrogens is 384 g/mol. The van der Waals surface area contributed by atoms with Gasteiger partial charge in [0.2, 0.25) is 0 Å². The van der Waals surface area contributed by atoms with Crippen molar-refractivity contribution in [2.75, 3.05) is 0 Å². The van der Waals surface area contributed by atoms with Crippen molar-refractivity contribution >= 4 is 38.8 Å². The van der Waals surface area contributed by atoms with Gasteiger partial charge in [-0.25, -0.2) is 10.1 Å². The minimum absolute atomic E-state index is 0.170. The Labute approximate surface area is 152 Å². The zero-order valence-corrected chi connectivity index (χ0v) is 15.0. The largest absolute Gasteiger partial charge is 0.292 e. The number of hydrogen-bond acceptors (Lipinski definition) is 4. The van der Waals surface area contributed by atoms with Gasteiger partial charge in [0, 0.05) is 16.4 Å². The smallest absolute Gasteiger partial charge is 0.267 e. The highest BCUT2D eigenvalue weighted by Crippen LogP contribution is 2.13. The second kappa shape index (κ2) is 7.40. The van der Waals surface area contributed by atoms with Gasteiger partial charge in [-0.3, -0.25) is 9.59 Å². The molecule has 3 rings (SSSR count). The molecule has 2 aromatic carbocycles. The lowest BCUT2D eigenvalue weighted by molar-refractivity contribution is 0.0949. The average molecular weight is 399 g/mol. The molecule has 126 valence electrons. The van der Waals surface area contributed by atoms with E-state index in [1.165, 1.54) is 4.68 Å². The van der Waals surface area contributed by atoms with E-state index in [1.807, 2.05) is 24.3 Å². The van der Waals surface area contributed by atoms with Gasteiger partial charge in [-0.15, -0.1) is 0 Å². The molecule has 0 bridgehead atoms. The third-order valence-corrected chi connectivity index (χ3v) is 4.10. The third kappa shape index (κ3) is 3.66. The fraction of sp³-hybridized carbons (Fsp3) is 0.111.